The smallest absolute Gasteiger partial charge is 0.203 e. The first-order valence-electron chi connectivity index (χ1n) is 5.18. The van der Waals surface area contributed by atoms with Crippen molar-refractivity contribution in [2.24, 2.45) is 5.92 Å². The van der Waals surface area contributed by atoms with Crippen LogP contribution in [-0.2, 0) is 0 Å². The van der Waals surface area contributed by atoms with Crippen molar-refractivity contribution in [3.05, 3.63) is 18.2 Å². The highest BCUT2D eigenvalue weighted by molar-refractivity contribution is 5.62. The second-order valence-electron chi connectivity index (χ2n) is 4.18. The average molecular weight is 203 g/mol. The van der Waals surface area contributed by atoms with E-state index in [1.807, 2.05) is 17.5 Å². The molecule has 78 valence electrons. The molecule has 5 heteroatoms. The van der Waals surface area contributed by atoms with E-state index in [0.29, 0.717) is 6.04 Å². The molecule has 0 radical (unpaired) electrons. The monoisotopic (exact) mass is 203 g/mol. The molecule has 1 N–H and O–H groups in total. The summed E-state index contributed by atoms with van der Waals surface area (Å²) in [6.45, 7) is 4.16. The van der Waals surface area contributed by atoms with Crippen LogP contribution in [0.3, 0.4) is 0 Å². The minimum atomic E-state index is 0.556. The Balaban J connectivity index is 2.02. The summed E-state index contributed by atoms with van der Waals surface area (Å²) in [4.78, 5) is 4.30. The molecular weight excluding hydrogens is 190 g/mol. The van der Waals surface area contributed by atoms with Gasteiger partial charge in [0, 0.05) is 18.4 Å². The fourth-order valence-corrected chi connectivity index (χ4v) is 1.74. The summed E-state index contributed by atoms with van der Waals surface area (Å²) in [6, 6.07) is 0.556. The van der Waals surface area contributed by atoms with Crippen LogP contribution >= 0.6 is 0 Å². The maximum absolute atomic E-state index is 4.30. The molecule has 0 spiro atoms. The van der Waals surface area contributed by atoms with Crippen LogP contribution in [0, 0.1) is 12.8 Å². The van der Waals surface area contributed by atoms with Gasteiger partial charge in [0.05, 0.1) is 0 Å². The lowest BCUT2D eigenvalue weighted by molar-refractivity contribution is 0.921. The lowest BCUT2D eigenvalue weighted by atomic mass is 10.4. The van der Waals surface area contributed by atoms with Crippen LogP contribution in [0.15, 0.2) is 12.4 Å². The van der Waals surface area contributed by atoms with E-state index in [2.05, 4.69) is 27.4 Å². The van der Waals surface area contributed by atoms with Crippen LogP contribution in [0.1, 0.15) is 19.2 Å². The molecule has 2 aromatic rings. The van der Waals surface area contributed by atoms with E-state index in [1.54, 1.807) is 6.20 Å². The summed E-state index contributed by atoms with van der Waals surface area (Å²) >= 11 is 0. The van der Waals surface area contributed by atoms with Crippen molar-refractivity contribution in [3.8, 4) is 0 Å². The zero-order chi connectivity index (χ0) is 10.4. The van der Waals surface area contributed by atoms with Crippen LogP contribution in [0.2, 0.25) is 0 Å². The Morgan fingerprint density at radius 1 is 1.47 bits per heavy atom. The van der Waals surface area contributed by atoms with Crippen molar-refractivity contribution in [1.29, 1.82) is 0 Å². The molecule has 0 saturated heterocycles. The molecule has 5 nitrogen and oxygen atoms in total. The van der Waals surface area contributed by atoms with Crippen LogP contribution in [0.5, 0.6) is 0 Å². The van der Waals surface area contributed by atoms with Gasteiger partial charge in [-0.05, 0) is 19.3 Å². The molecule has 3 rings (SSSR count). The minimum Gasteiger partial charge on any atom is -0.364 e. The molecule has 2 aromatic heterocycles. The summed E-state index contributed by atoms with van der Waals surface area (Å²) in [5.74, 6) is 2.47. The highest BCUT2D eigenvalue weighted by Gasteiger charge is 2.33. The Kier molecular flexibility index (Phi) is 1.68. The molecule has 1 saturated carbocycles. The summed E-state index contributed by atoms with van der Waals surface area (Å²) in [5.41, 5.74) is 0.814. The maximum Gasteiger partial charge on any atom is 0.203 e. The number of aromatic nitrogens is 4. The van der Waals surface area contributed by atoms with E-state index in [9.17, 15) is 0 Å². The molecule has 1 aliphatic rings. The number of nitrogens with zero attached hydrogens (tertiary/aromatic N) is 4. The van der Waals surface area contributed by atoms with Gasteiger partial charge in [0.1, 0.15) is 5.82 Å². The summed E-state index contributed by atoms with van der Waals surface area (Å²) in [6.07, 6.45) is 4.88. The molecule has 0 bridgehead atoms. The molecule has 2 unspecified atom stereocenters. The van der Waals surface area contributed by atoms with Crippen LogP contribution in [-0.4, -0.2) is 25.6 Å². The third kappa shape index (κ3) is 1.35. The second-order valence-corrected chi connectivity index (χ2v) is 4.18. The third-order valence-electron chi connectivity index (χ3n) is 2.93. The van der Waals surface area contributed by atoms with Gasteiger partial charge in [-0.15, -0.1) is 10.2 Å². The number of hydrogen-bond acceptors (Lipinski definition) is 4. The van der Waals surface area contributed by atoms with Gasteiger partial charge in [-0.1, -0.05) is 6.92 Å². The average Bonchev–Trinajstić information content (AvgIpc) is 2.77. The predicted molar refractivity (Wildman–Crippen MR) is 56.7 cm³/mol. The van der Waals surface area contributed by atoms with Crippen molar-refractivity contribution in [2.75, 3.05) is 5.32 Å². The lowest BCUT2D eigenvalue weighted by Gasteiger charge is -2.04. The van der Waals surface area contributed by atoms with Crippen molar-refractivity contribution < 1.29 is 0 Å². The Hall–Kier alpha value is -1.65. The van der Waals surface area contributed by atoms with Gasteiger partial charge >= 0.3 is 0 Å². The van der Waals surface area contributed by atoms with Crippen molar-refractivity contribution in [3.63, 3.8) is 0 Å². The molecule has 2 atom stereocenters. The fraction of sp³-hybridized carbons (Fsp3) is 0.500. The normalized spacial score (nSPS) is 24.4. The number of fused-ring (bicyclic) bond motifs is 1. The zero-order valence-electron chi connectivity index (χ0n) is 8.81. The van der Waals surface area contributed by atoms with E-state index in [0.717, 1.165) is 23.2 Å². The first-order chi connectivity index (χ1) is 7.25. The standard InChI is InChI=1S/C10H13N5/c1-6-5-8(6)12-9-10-14-13-7(2)15(10)4-3-11-9/h3-4,6,8H,5H2,1-2H3,(H,11,12). The molecule has 0 aromatic carbocycles. The number of aryl methyl sites for hydroxylation is 1. The number of rotatable bonds is 2. The van der Waals surface area contributed by atoms with Crippen molar-refractivity contribution in [1.82, 2.24) is 19.6 Å². The molecule has 2 heterocycles. The van der Waals surface area contributed by atoms with Crippen LogP contribution < -0.4 is 5.32 Å². The quantitative estimate of drug-likeness (QED) is 0.798. The molecular formula is C10H13N5. The lowest BCUT2D eigenvalue weighted by Crippen LogP contribution is -2.07. The van der Waals surface area contributed by atoms with Gasteiger partial charge < -0.3 is 5.32 Å². The van der Waals surface area contributed by atoms with Gasteiger partial charge in [0.2, 0.25) is 5.65 Å². The van der Waals surface area contributed by atoms with Gasteiger partial charge in [-0.2, -0.15) is 0 Å². The second kappa shape index (κ2) is 2.92. The summed E-state index contributed by atoms with van der Waals surface area (Å²) in [5, 5.41) is 11.5. The Bertz CT molecular complexity index is 503. The Labute approximate surface area is 87.5 Å². The summed E-state index contributed by atoms with van der Waals surface area (Å²) in [7, 11) is 0. The van der Waals surface area contributed by atoms with Gasteiger partial charge in [-0.3, -0.25) is 4.40 Å². The van der Waals surface area contributed by atoms with Crippen molar-refractivity contribution >= 4 is 11.5 Å². The number of nitrogens with one attached hydrogen (secondary N) is 1. The SMILES string of the molecule is Cc1nnc2c(NC3CC3C)nccn12. The highest BCUT2D eigenvalue weighted by Crippen LogP contribution is 2.32. The fourth-order valence-electron chi connectivity index (χ4n) is 1.74. The van der Waals surface area contributed by atoms with E-state index in [-0.39, 0.29) is 0 Å². The first-order valence-corrected chi connectivity index (χ1v) is 5.18. The largest absolute Gasteiger partial charge is 0.364 e. The van der Waals surface area contributed by atoms with Gasteiger partial charge in [-0.25, -0.2) is 4.98 Å². The molecule has 0 amide bonds. The van der Waals surface area contributed by atoms with E-state index in [1.165, 1.54) is 6.42 Å². The third-order valence-corrected chi connectivity index (χ3v) is 2.93. The van der Waals surface area contributed by atoms with E-state index >= 15 is 0 Å². The number of anilines is 1. The topological polar surface area (TPSA) is 55.1 Å². The van der Waals surface area contributed by atoms with Gasteiger partial charge in [0.15, 0.2) is 5.82 Å². The molecule has 0 aliphatic heterocycles. The van der Waals surface area contributed by atoms with Crippen LogP contribution in [0.25, 0.3) is 5.65 Å². The van der Waals surface area contributed by atoms with Crippen LogP contribution in [0.4, 0.5) is 5.82 Å². The van der Waals surface area contributed by atoms with E-state index < -0.39 is 0 Å². The number of hydrogen-bond donors (Lipinski definition) is 1. The Morgan fingerprint density at radius 3 is 3.00 bits per heavy atom. The highest BCUT2D eigenvalue weighted by atomic mass is 15.3. The minimum absolute atomic E-state index is 0.556. The summed E-state index contributed by atoms with van der Waals surface area (Å²) < 4.78 is 1.95. The predicted octanol–water partition coefficient (Wildman–Crippen LogP) is 1.25. The molecule has 1 aliphatic carbocycles. The molecule has 15 heavy (non-hydrogen) atoms. The Morgan fingerprint density at radius 2 is 2.27 bits per heavy atom. The van der Waals surface area contributed by atoms with Crippen molar-refractivity contribution in [2.45, 2.75) is 26.3 Å². The molecule has 1 fully saturated rings. The van der Waals surface area contributed by atoms with E-state index in [4.69, 9.17) is 0 Å². The zero-order valence-corrected chi connectivity index (χ0v) is 8.81. The first kappa shape index (κ1) is 8.64. The maximum atomic E-state index is 4.30. The van der Waals surface area contributed by atoms with Gasteiger partial charge in [0.25, 0.3) is 0 Å².